The Balaban J connectivity index is 2.00. The highest BCUT2D eigenvalue weighted by Gasteiger charge is 2.35. The minimum absolute atomic E-state index is 0.147. The van der Waals surface area contributed by atoms with E-state index in [1.54, 1.807) is 38.3 Å². The molecule has 0 spiro atoms. The highest BCUT2D eigenvalue weighted by Crippen LogP contribution is 2.31. The van der Waals surface area contributed by atoms with Gasteiger partial charge in [0.15, 0.2) is 5.71 Å². The van der Waals surface area contributed by atoms with E-state index in [1.807, 2.05) is 30.3 Å². The number of benzene rings is 2. The number of carbonyl (C=O) groups is 2. The molecule has 1 aliphatic heterocycles. The number of esters is 1. The summed E-state index contributed by atoms with van der Waals surface area (Å²) in [6, 6.07) is 16.3. The number of carbonyl (C=O) groups excluding carboxylic acids is 2. The van der Waals surface area contributed by atoms with E-state index in [0.29, 0.717) is 11.4 Å². The van der Waals surface area contributed by atoms with Crippen molar-refractivity contribution in [2.24, 2.45) is 5.10 Å². The lowest BCUT2D eigenvalue weighted by Gasteiger charge is -2.28. The lowest BCUT2D eigenvalue weighted by molar-refractivity contribution is -0.135. The van der Waals surface area contributed by atoms with Gasteiger partial charge in [-0.05, 0) is 36.8 Å². The quantitative estimate of drug-likeness (QED) is 0.775. The van der Waals surface area contributed by atoms with Gasteiger partial charge in [-0.25, -0.2) is 9.80 Å². The van der Waals surface area contributed by atoms with Gasteiger partial charge >= 0.3 is 5.97 Å². The van der Waals surface area contributed by atoms with Crippen molar-refractivity contribution in [3.63, 3.8) is 0 Å². The summed E-state index contributed by atoms with van der Waals surface area (Å²) in [5.41, 5.74) is 1.67. The molecule has 0 radical (unpaired) electrons. The van der Waals surface area contributed by atoms with E-state index < -0.39 is 11.9 Å². The number of methoxy groups -OCH3 is 1. The highest BCUT2D eigenvalue weighted by atomic mass is 16.5. The van der Waals surface area contributed by atoms with Crippen molar-refractivity contribution in [1.29, 1.82) is 0 Å². The van der Waals surface area contributed by atoms with Crippen molar-refractivity contribution < 1.29 is 19.1 Å². The number of ether oxygens (including phenoxy) is 2. The first-order valence-electron chi connectivity index (χ1n) is 8.41. The molecule has 134 valence electrons. The Morgan fingerprint density at radius 1 is 1.15 bits per heavy atom. The minimum Gasteiger partial charge on any atom is -0.497 e. The van der Waals surface area contributed by atoms with Crippen LogP contribution in [0.2, 0.25) is 0 Å². The summed E-state index contributed by atoms with van der Waals surface area (Å²) in [6.07, 6.45) is 0.147. The van der Waals surface area contributed by atoms with E-state index in [4.69, 9.17) is 9.47 Å². The van der Waals surface area contributed by atoms with Gasteiger partial charge in [0, 0.05) is 12.3 Å². The summed E-state index contributed by atoms with van der Waals surface area (Å²) >= 11 is 0. The molecule has 0 saturated heterocycles. The van der Waals surface area contributed by atoms with Crippen LogP contribution in [-0.4, -0.2) is 31.3 Å². The first kappa shape index (κ1) is 17.7. The molecule has 0 N–H and O–H groups in total. The van der Waals surface area contributed by atoms with E-state index in [9.17, 15) is 9.59 Å². The molecule has 0 unspecified atom stereocenters. The number of rotatable bonds is 5. The van der Waals surface area contributed by atoms with Gasteiger partial charge in [-0.2, -0.15) is 5.10 Å². The zero-order chi connectivity index (χ0) is 18.5. The summed E-state index contributed by atoms with van der Waals surface area (Å²) < 4.78 is 10.3. The van der Waals surface area contributed by atoms with Crippen LogP contribution in [0.1, 0.15) is 24.8 Å². The predicted octanol–water partition coefficient (Wildman–Crippen LogP) is 3.13. The van der Waals surface area contributed by atoms with Crippen molar-refractivity contribution >= 4 is 23.3 Å². The molecule has 0 saturated carbocycles. The van der Waals surface area contributed by atoms with Gasteiger partial charge in [0.1, 0.15) is 5.75 Å². The topological polar surface area (TPSA) is 68.2 Å². The zero-order valence-corrected chi connectivity index (χ0v) is 14.7. The predicted molar refractivity (Wildman–Crippen MR) is 98.3 cm³/mol. The van der Waals surface area contributed by atoms with Gasteiger partial charge in [-0.3, -0.25) is 4.79 Å². The largest absolute Gasteiger partial charge is 0.497 e. The Hall–Kier alpha value is -3.15. The van der Waals surface area contributed by atoms with Gasteiger partial charge in [0.2, 0.25) is 5.91 Å². The molecule has 1 atom stereocenters. The van der Waals surface area contributed by atoms with E-state index in [-0.39, 0.29) is 24.6 Å². The SMILES string of the molecule is CCOC(=O)C1=NN(c2ccc(OC)cc2)C(=O)C[C@H]1c1ccccc1. The Labute approximate surface area is 152 Å². The molecule has 2 aromatic carbocycles. The molecule has 6 heteroatoms. The number of amides is 1. The van der Waals surface area contributed by atoms with Crippen molar-refractivity contribution in [3.8, 4) is 5.75 Å². The van der Waals surface area contributed by atoms with Crippen molar-refractivity contribution in [3.05, 3.63) is 60.2 Å². The molecule has 1 aliphatic rings. The third kappa shape index (κ3) is 3.59. The second-order valence-electron chi connectivity index (χ2n) is 5.78. The number of hydrogen-bond donors (Lipinski definition) is 0. The molecule has 0 fully saturated rings. The summed E-state index contributed by atoms with van der Waals surface area (Å²) in [5.74, 6) is -0.434. The van der Waals surface area contributed by atoms with Crippen LogP contribution in [0, 0.1) is 0 Å². The highest BCUT2D eigenvalue weighted by molar-refractivity contribution is 6.40. The van der Waals surface area contributed by atoms with E-state index in [0.717, 1.165) is 5.56 Å². The molecule has 2 aromatic rings. The van der Waals surface area contributed by atoms with Crippen LogP contribution in [0.25, 0.3) is 0 Å². The molecule has 0 bridgehead atoms. The van der Waals surface area contributed by atoms with E-state index >= 15 is 0 Å². The van der Waals surface area contributed by atoms with E-state index in [1.165, 1.54) is 5.01 Å². The number of anilines is 1. The van der Waals surface area contributed by atoms with Gasteiger partial charge in [-0.1, -0.05) is 30.3 Å². The smallest absolute Gasteiger partial charge is 0.355 e. The molecule has 1 heterocycles. The Kier molecular flexibility index (Phi) is 5.31. The molecule has 26 heavy (non-hydrogen) atoms. The van der Waals surface area contributed by atoms with Crippen LogP contribution in [0.4, 0.5) is 5.69 Å². The lowest BCUT2D eigenvalue weighted by atomic mass is 9.89. The molecule has 1 amide bonds. The average Bonchev–Trinajstić information content (AvgIpc) is 2.68. The standard InChI is InChI=1S/C20H20N2O4/c1-3-26-20(24)19-17(14-7-5-4-6-8-14)13-18(23)22(21-19)15-9-11-16(25-2)12-10-15/h4-12,17H,3,13H2,1-2H3/t17-/m0/s1. The molecular weight excluding hydrogens is 332 g/mol. The van der Waals surface area contributed by atoms with Gasteiger partial charge in [-0.15, -0.1) is 0 Å². The minimum atomic E-state index is -0.507. The molecule has 0 aliphatic carbocycles. The average molecular weight is 352 g/mol. The first-order valence-corrected chi connectivity index (χ1v) is 8.41. The monoisotopic (exact) mass is 352 g/mol. The third-order valence-corrected chi connectivity index (χ3v) is 4.16. The summed E-state index contributed by atoms with van der Waals surface area (Å²) in [6.45, 7) is 1.99. The maximum absolute atomic E-state index is 12.7. The van der Waals surface area contributed by atoms with E-state index in [2.05, 4.69) is 5.10 Å². The fraction of sp³-hybridized carbons (Fsp3) is 0.250. The fourth-order valence-electron chi connectivity index (χ4n) is 2.87. The van der Waals surface area contributed by atoms with Gasteiger partial charge in [0.05, 0.1) is 19.4 Å². The van der Waals surface area contributed by atoms with Crippen LogP contribution in [0.3, 0.4) is 0 Å². The Bertz CT molecular complexity index is 815. The van der Waals surface area contributed by atoms with Crippen LogP contribution in [-0.2, 0) is 14.3 Å². The normalized spacial score (nSPS) is 16.8. The molecule has 0 aromatic heterocycles. The van der Waals surface area contributed by atoms with Crippen LogP contribution < -0.4 is 9.75 Å². The maximum atomic E-state index is 12.7. The van der Waals surface area contributed by atoms with Gasteiger partial charge in [0.25, 0.3) is 0 Å². The van der Waals surface area contributed by atoms with Crippen LogP contribution in [0.5, 0.6) is 5.75 Å². The van der Waals surface area contributed by atoms with Crippen molar-refractivity contribution in [2.75, 3.05) is 18.7 Å². The second kappa shape index (κ2) is 7.82. The third-order valence-electron chi connectivity index (χ3n) is 4.16. The summed E-state index contributed by atoms with van der Waals surface area (Å²) in [5, 5.41) is 5.61. The molecule has 6 nitrogen and oxygen atoms in total. The number of hydrogen-bond acceptors (Lipinski definition) is 5. The Morgan fingerprint density at radius 2 is 1.85 bits per heavy atom. The van der Waals surface area contributed by atoms with Crippen molar-refractivity contribution in [2.45, 2.75) is 19.3 Å². The van der Waals surface area contributed by atoms with Crippen LogP contribution in [0.15, 0.2) is 59.7 Å². The lowest BCUT2D eigenvalue weighted by Crippen LogP contribution is -2.39. The number of hydrazone groups is 1. The summed E-state index contributed by atoms with van der Waals surface area (Å²) in [7, 11) is 1.57. The fourth-order valence-corrected chi connectivity index (χ4v) is 2.87. The molecular formula is C20H20N2O4. The number of nitrogens with zero attached hydrogens (tertiary/aromatic N) is 2. The first-order chi connectivity index (χ1) is 12.6. The Morgan fingerprint density at radius 3 is 2.46 bits per heavy atom. The van der Waals surface area contributed by atoms with Crippen LogP contribution >= 0.6 is 0 Å². The van der Waals surface area contributed by atoms with Crippen molar-refractivity contribution in [1.82, 2.24) is 0 Å². The zero-order valence-electron chi connectivity index (χ0n) is 14.7. The molecule has 3 rings (SSSR count). The second-order valence-corrected chi connectivity index (χ2v) is 5.78. The maximum Gasteiger partial charge on any atom is 0.355 e. The van der Waals surface area contributed by atoms with Gasteiger partial charge < -0.3 is 9.47 Å². The summed E-state index contributed by atoms with van der Waals surface area (Å²) in [4.78, 5) is 25.1.